The molecular weight excluding hydrogens is 859 g/mol. The van der Waals surface area contributed by atoms with Crippen molar-refractivity contribution < 1.29 is 54.2 Å². The maximum Gasteiger partial charge on any atom is 0.410 e. The second-order valence-electron chi connectivity index (χ2n) is 16.5. The van der Waals surface area contributed by atoms with Crippen molar-refractivity contribution in [2.24, 2.45) is 7.05 Å². The largest absolute Gasteiger partial charge is 0.490 e. The molecular formula is C45H52F2N4O10S2. The summed E-state index contributed by atoms with van der Waals surface area (Å²) >= 11 is 0. The maximum atomic E-state index is 14.2. The predicted octanol–water partition coefficient (Wildman–Crippen LogP) is 8.78. The van der Waals surface area contributed by atoms with Crippen molar-refractivity contribution in [3.8, 4) is 11.5 Å². The minimum absolute atomic E-state index is 0.00331. The molecule has 0 saturated carbocycles. The Balaban J connectivity index is 0.000000238. The number of fused-ring (bicyclic) bond motifs is 2. The lowest BCUT2D eigenvalue weighted by Gasteiger charge is -2.24. The van der Waals surface area contributed by atoms with Crippen LogP contribution in [0.25, 0.3) is 21.8 Å². The first-order valence-corrected chi connectivity index (χ1v) is 22.7. The van der Waals surface area contributed by atoms with Crippen LogP contribution in [0.1, 0.15) is 41.5 Å². The molecule has 0 spiro atoms. The van der Waals surface area contributed by atoms with E-state index in [-0.39, 0.29) is 45.9 Å². The number of likely N-dealkylation sites (N-methyl/N-ethyl adjacent to an activating group) is 2. The number of amides is 2. The van der Waals surface area contributed by atoms with Crippen molar-refractivity contribution in [2.75, 3.05) is 40.4 Å². The van der Waals surface area contributed by atoms with Crippen molar-refractivity contribution >= 4 is 53.7 Å². The van der Waals surface area contributed by atoms with Gasteiger partial charge in [-0.15, -0.1) is 0 Å². The van der Waals surface area contributed by atoms with Crippen LogP contribution in [0.2, 0.25) is 0 Å². The van der Waals surface area contributed by atoms with Gasteiger partial charge in [0.15, 0.2) is 0 Å². The van der Waals surface area contributed by atoms with Gasteiger partial charge in [-0.1, -0.05) is 48.5 Å². The summed E-state index contributed by atoms with van der Waals surface area (Å²) in [5, 5.41) is 0.815. The van der Waals surface area contributed by atoms with Crippen molar-refractivity contribution in [1.82, 2.24) is 19.4 Å². The molecule has 2 amide bonds. The van der Waals surface area contributed by atoms with E-state index in [1.165, 1.54) is 58.6 Å². The number of hydrogen-bond acceptors (Lipinski definition) is 10. The molecule has 0 atom stereocenters. The number of aryl methyl sites for hydroxylation is 1. The number of hydrogen-bond donors (Lipinski definition) is 1. The third-order valence-electron chi connectivity index (χ3n) is 9.18. The van der Waals surface area contributed by atoms with Gasteiger partial charge in [-0.05, 0) is 77.9 Å². The molecule has 14 nitrogen and oxygen atoms in total. The van der Waals surface area contributed by atoms with Gasteiger partial charge in [-0.2, -0.15) is 0 Å². The quantitative estimate of drug-likeness (QED) is 0.125. The van der Waals surface area contributed by atoms with Crippen LogP contribution < -0.4 is 9.47 Å². The average Bonchev–Trinajstić information content (AvgIpc) is 3.80. The van der Waals surface area contributed by atoms with Crippen molar-refractivity contribution in [3.05, 3.63) is 109 Å². The van der Waals surface area contributed by atoms with E-state index < -0.39 is 54.7 Å². The number of aromatic nitrogens is 2. The van der Waals surface area contributed by atoms with Crippen LogP contribution in [0.4, 0.5) is 18.4 Å². The summed E-state index contributed by atoms with van der Waals surface area (Å²) in [4.78, 5) is 29.0. The number of halogens is 2. The number of benzene rings is 4. The fraction of sp³-hybridized carbons (Fsp3) is 0.333. The molecule has 63 heavy (non-hydrogen) atoms. The van der Waals surface area contributed by atoms with Gasteiger partial charge in [-0.3, -0.25) is 0 Å². The van der Waals surface area contributed by atoms with Crippen molar-refractivity contribution in [2.45, 2.75) is 72.3 Å². The number of H-pyrrole nitrogens is 1. The van der Waals surface area contributed by atoms with Crippen LogP contribution in [-0.4, -0.2) is 100.0 Å². The summed E-state index contributed by atoms with van der Waals surface area (Å²) in [7, 11) is -3.23. The second kappa shape index (κ2) is 19.1. The van der Waals surface area contributed by atoms with Crippen LogP contribution in [0.15, 0.2) is 117 Å². The highest BCUT2D eigenvalue weighted by Gasteiger charge is 2.28. The number of carbonyl (C=O) groups is 2. The minimum Gasteiger partial charge on any atom is -0.490 e. The molecule has 2 heterocycles. The molecule has 6 rings (SSSR count). The Morgan fingerprint density at radius 2 is 1.06 bits per heavy atom. The van der Waals surface area contributed by atoms with Gasteiger partial charge in [-0.25, -0.2) is 35.2 Å². The molecule has 0 saturated heterocycles. The summed E-state index contributed by atoms with van der Waals surface area (Å²) in [6, 6.07) is 20.6. The van der Waals surface area contributed by atoms with Crippen LogP contribution in [0, 0.1) is 11.6 Å². The zero-order valence-corrected chi connectivity index (χ0v) is 38.2. The van der Waals surface area contributed by atoms with E-state index in [0.717, 1.165) is 12.1 Å². The lowest BCUT2D eigenvalue weighted by atomic mass is 10.2. The molecule has 0 radical (unpaired) electrons. The van der Waals surface area contributed by atoms with Crippen molar-refractivity contribution in [1.29, 1.82) is 0 Å². The molecule has 0 unspecified atom stereocenters. The zero-order chi connectivity index (χ0) is 46.5. The predicted molar refractivity (Wildman–Crippen MR) is 234 cm³/mol. The topological polar surface area (TPSA) is 167 Å². The van der Waals surface area contributed by atoms with Gasteiger partial charge in [0.05, 0.1) is 33.9 Å². The fourth-order valence-electron chi connectivity index (χ4n) is 6.18. The Hall–Kier alpha value is -6.14. The number of carbonyl (C=O) groups excluding carboxylic acids is 2. The number of aromatic amines is 1. The van der Waals surface area contributed by atoms with E-state index in [4.69, 9.17) is 18.9 Å². The number of sulfone groups is 2. The molecule has 18 heteroatoms. The molecule has 0 aliphatic carbocycles. The molecule has 2 aromatic heterocycles. The Labute approximate surface area is 366 Å². The smallest absolute Gasteiger partial charge is 0.410 e. The van der Waals surface area contributed by atoms with Crippen LogP contribution >= 0.6 is 0 Å². The first kappa shape index (κ1) is 47.9. The van der Waals surface area contributed by atoms with E-state index in [2.05, 4.69) is 4.98 Å². The number of nitrogens with one attached hydrogen (secondary N) is 1. The standard InChI is InChI=1S/C23H27FN2O5S.C22H25FN2O5S/c1-23(2,3)31-22(27)25(4)13-14-30-18-11-8-9-16-20(15-26(5)21(16)18)32(28,29)19-12-7-6-10-17(19)24;1-22(2,3)30-21(26)25(4)12-13-29-17-10-7-8-15-19(14-24-20(15)17)31(27,28)18-11-6-5-9-16(18)23/h6-12,15H,13-14H2,1-5H3;5-11,14,24H,12-13H2,1-4H3. The van der Waals surface area contributed by atoms with Gasteiger partial charge in [0.2, 0.25) is 19.7 Å². The molecule has 4 aromatic carbocycles. The van der Waals surface area contributed by atoms with E-state index in [1.54, 1.807) is 104 Å². The van der Waals surface area contributed by atoms with Gasteiger partial charge in [0, 0.05) is 44.3 Å². The monoisotopic (exact) mass is 910 g/mol. The van der Waals surface area contributed by atoms with Gasteiger partial charge < -0.3 is 38.3 Å². The van der Waals surface area contributed by atoms with E-state index in [9.17, 15) is 35.2 Å². The van der Waals surface area contributed by atoms with Gasteiger partial charge >= 0.3 is 12.2 Å². The third-order valence-corrected chi connectivity index (χ3v) is 12.8. The normalized spacial score (nSPS) is 12.0. The van der Waals surface area contributed by atoms with Gasteiger partial charge in [0.1, 0.15) is 57.3 Å². The zero-order valence-electron chi connectivity index (χ0n) is 36.6. The number of ether oxygens (including phenoxy) is 4. The molecule has 0 fully saturated rings. The summed E-state index contributed by atoms with van der Waals surface area (Å²) in [5.41, 5.74) is -0.164. The first-order valence-electron chi connectivity index (χ1n) is 19.7. The van der Waals surface area contributed by atoms with Gasteiger partial charge in [0.25, 0.3) is 0 Å². The Morgan fingerprint density at radius 1 is 0.619 bits per heavy atom. The Kier molecular flexibility index (Phi) is 14.5. The Morgan fingerprint density at radius 3 is 1.56 bits per heavy atom. The molecule has 0 aliphatic heterocycles. The number of rotatable bonds is 12. The minimum atomic E-state index is -4.08. The first-order chi connectivity index (χ1) is 29.4. The summed E-state index contributed by atoms with van der Waals surface area (Å²) in [6.07, 6.45) is 1.85. The van der Waals surface area contributed by atoms with Crippen LogP contribution in [0.3, 0.4) is 0 Å². The average molecular weight is 911 g/mol. The lowest BCUT2D eigenvalue weighted by molar-refractivity contribution is 0.0269. The molecule has 0 aliphatic rings. The molecule has 1 N–H and O–H groups in total. The maximum absolute atomic E-state index is 14.2. The lowest BCUT2D eigenvalue weighted by Crippen LogP contribution is -2.36. The van der Waals surface area contributed by atoms with Crippen molar-refractivity contribution in [3.63, 3.8) is 0 Å². The molecule has 338 valence electrons. The van der Waals surface area contributed by atoms with E-state index >= 15 is 0 Å². The van der Waals surface area contributed by atoms with Crippen LogP contribution in [-0.2, 0) is 36.2 Å². The second-order valence-corrected chi connectivity index (χ2v) is 20.2. The number of nitrogens with zero attached hydrogens (tertiary/aromatic N) is 3. The van der Waals surface area contributed by atoms with E-state index in [1.807, 2.05) is 0 Å². The number of para-hydroxylation sites is 2. The molecule has 0 bridgehead atoms. The summed E-state index contributed by atoms with van der Waals surface area (Å²) in [5.74, 6) is -0.737. The summed E-state index contributed by atoms with van der Waals surface area (Å²) in [6.45, 7) is 11.6. The highest BCUT2D eigenvalue weighted by molar-refractivity contribution is 7.92. The fourth-order valence-corrected chi connectivity index (χ4v) is 9.24. The summed E-state index contributed by atoms with van der Waals surface area (Å²) < 4.78 is 104. The highest BCUT2D eigenvalue weighted by atomic mass is 32.2. The Bertz CT molecular complexity index is 2830. The van der Waals surface area contributed by atoms with E-state index in [0.29, 0.717) is 33.3 Å². The SMILES string of the molecule is CN(CCOc1cccc2c(S(=O)(=O)c3ccccc3F)c[nH]c12)C(=O)OC(C)(C)C.CN(CCOc1cccc2c(S(=O)(=O)c3ccccc3F)cn(C)c12)C(=O)OC(C)(C)C. The third kappa shape index (κ3) is 11.5. The highest BCUT2D eigenvalue weighted by Crippen LogP contribution is 2.36. The molecule has 6 aromatic rings. The van der Waals surface area contributed by atoms with Crippen LogP contribution in [0.5, 0.6) is 11.5 Å².